The Hall–Kier alpha value is -3.11. The van der Waals surface area contributed by atoms with Crippen LogP contribution in [0.1, 0.15) is 5.56 Å². The number of carbonyl (C=O) groups is 1. The van der Waals surface area contributed by atoms with Crippen LogP contribution in [0.2, 0.25) is 0 Å². The summed E-state index contributed by atoms with van der Waals surface area (Å²) in [7, 11) is 0. The number of alkyl halides is 2. The van der Waals surface area contributed by atoms with Crippen molar-refractivity contribution >= 4 is 38.8 Å². The van der Waals surface area contributed by atoms with Gasteiger partial charge < -0.3 is 10.1 Å². The fraction of sp³-hybridized carbons (Fsp3) is 0.190. The molecule has 0 saturated carbocycles. The quantitative estimate of drug-likeness (QED) is 0.428. The Morgan fingerprint density at radius 1 is 1.19 bits per heavy atom. The van der Waals surface area contributed by atoms with Gasteiger partial charge in [-0.25, -0.2) is 4.98 Å². The lowest BCUT2D eigenvalue weighted by Gasteiger charge is -2.08. The van der Waals surface area contributed by atoms with Gasteiger partial charge in [0.25, 0.3) is 5.56 Å². The standard InChI is InChI=1S/C21H17F2N3O3S2/c22-21(23)29-14-5-3-13(4-6-14)7-8-24-17(27)10-26-12-25-19-18(20(26)28)15(11-31-19)16-2-1-9-30-16/h1-6,9,11-12,21H,7-8,10H2,(H,24,27). The molecule has 31 heavy (non-hydrogen) atoms. The largest absolute Gasteiger partial charge is 0.435 e. The van der Waals surface area contributed by atoms with Gasteiger partial charge in [0.2, 0.25) is 5.91 Å². The van der Waals surface area contributed by atoms with Crippen molar-refractivity contribution in [2.24, 2.45) is 0 Å². The number of thiophene rings is 2. The van der Waals surface area contributed by atoms with Gasteiger partial charge in [-0.15, -0.1) is 22.7 Å². The van der Waals surface area contributed by atoms with Crippen LogP contribution >= 0.6 is 22.7 Å². The van der Waals surface area contributed by atoms with Crippen molar-refractivity contribution in [3.8, 4) is 16.2 Å². The first-order valence-electron chi connectivity index (χ1n) is 9.32. The number of rotatable bonds is 8. The van der Waals surface area contributed by atoms with Crippen LogP contribution in [0.15, 0.2) is 58.3 Å². The summed E-state index contributed by atoms with van der Waals surface area (Å²) in [4.78, 5) is 31.2. The zero-order chi connectivity index (χ0) is 21.8. The van der Waals surface area contributed by atoms with E-state index in [2.05, 4.69) is 15.0 Å². The molecule has 0 radical (unpaired) electrons. The van der Waals surface area contributed by atoms with E-state index in [0.29, 0.717) is 23.2 Å². The molecule has 0 fully saturated rings. The van der Waals surface area contributed by atoms with E-state index >= 15 is 0 Å². The molecule has 4 rings (SSSR count). The van der Waals surface area contributed by atoms with E-state index < -0.39 is 6.61 Å². The Bertz CT molecular complexity index is 1240. The topological polar surface area (TPSA) is 73.2 Å². The maximum absolute atomic E-state index is 12.9. The highest BCUT2D eigenvalue weighted by Gasteiger charge is 2.15. The number of hydrogen-bond donors (Lipinski definition) is 1. The van der Waals surface area contributed by atoms with Crippen molar-refractivity contribution in [3.05, 3.63) is 69.4 Å². The maximum atomic E-state index is 12.9. The van der Waals surface area contributed by atoms with Gasteiger partial charge >= 0.3 is 6.61 Å². The van der Waals surface area contributed by atoms with Gasteiger partial charge in [-0.3, -0.25) is 14.2 Å². The van der Waals surface area contributed by atoms with Crippen molar-refractivity contribution in [1.29, 1.82) is 0 Å². The van der Waals surface area contributed by atoms with Crippen molar-refractivity contribution in [2.75, 3.05) is 6.54 Å². The highest BCUT2D eigenvalue weighted by Crippen LogP contribution is 2.33. The smallest absolute Gasteiger partial charge is 0.387 e. The number of aromatic nitrogens is 2. The third-order valence-electron chi connectivity index (χ3n) is 4.55. The molecule has 1 aromatic carbocycles. The summed E-state index contributed by atoms with van der Waals surface area (Å²) >= 11 is 2.94. The van der Waals surface area contributed by atoms with Crippen LogP contribution in [0.25, 0.3) is 20.7 Å². The summed E-state index contributed by atoms with van der Waals surface area (Å²) in [5.74, 6) is -0.228. The Morgan fingerprint density at radius 3 is 2.71 bits per heavy atom. The molecule has 1 amide bonds. The molecule has 160 valence electrons. The molecule has 0 bridgehead atoms. The molecular formula is C21H17F2N3O3S2. The molecule has 0 atom stereocenters. The third kappa shape index (κ3) is 4.97. The van der Waals surface area contributed by atoms with Crippen LogP contribution in [-0.4, -0.2) is 28.6 Å². The number of carbonyl (C=O) groups excluding carboxylic acids is 1. The number of amides is 1. The first kappa shape index (κ1) is 21.1. The van der Waals surface area contributed by atoms with Gasteiger partial charge in [0, 0.05) is 22.4 Å². The first-order chi connectivity index (χ1) is 15.0. The minimum atomic E-state index is -2.86. The number of ether oxygens (including phenoxy) is 1. The first-order valence-corrected chi connectivity index (χ1v) is 11.1. The third-order valence-corrected chi connectivity index (χ3v) is 6.34. The molecule has 3 aromatic heterocycles. The van der Waals surface area contributed by atoms with Crippen LogP contribution in [0.4, 0.5) is 8.78 Å². The highest BCUT2D eigenvalue weighted by molar-refractivity contribution is 7.18. The summed E-state index contributed by atoms with van der Waals surface area (Å²) in [5, 5.41) is 7.14. The van der Waals surface area contributed by atoms with Gasteiger partial charge in [-0.1, -0.05) is 18.2 Å². The van der Waals surface area contributed by atoms with E-state index in [-0.39, 0.29) is 23.8 Å². The van der Waals surface area contributed by atoms with E-state index in [1.54, 1.807) is 23.5 Å². The van der Waals surface area contributed by atoms with E-state index in [9.17, 15) is 18.4 Å². The Kier molecular flexibility index (Phi) is 6.38. The lowest BCUT2D eigenvalue weighted by atomic mass is 10.1. The SMILES string of the molecule is O=C(Cn1cnc2scc(-c3cccs3)c2c1=O)NCCc1ccc(OC(F)F)cc1. The molecule has 0 aliphatic carbocycles. The molecule has 6 nitrogen and oxygen atoms in total. The Balaban J connectivity index is 1.38. The number of hydrogen-bond acceptors (Lipinski definition) is 6. The van der Waals surface area contributed by atoms with Crippen molar-refractivity contribution in [1.82, 2.24) is 14.9 Å². The summed E-state index contributed by atoms with van der Waals surface area (Å²) < 4.78 is 30.0. The second-order valence-electron chi connectivity index (χ2n) is 6.61. The Morgan fingerprint density at radius 2 is 2.00 bits per heavy atom. The van der Waals surface area contributed by atoms with E-state index in [4.69, 9.17) is 0 Å². The van der Waals surface area contributed by atoms with E-state index in [1.165, 1.54) is 34.4 Å². The molecule has 0 aliphatic rings. The van der Waals surface area contributed by atoms with Crippen LogP contribution < -0.4 is 15.6 Å². The van der Waals surface area contributed by atoms with Crippen molar-refractivity contribution in [3.63, 3.8) is 0 Å². The predicted octanol–water partition coefficient (Wildman–Crippen LogP) is 4.15. The average Bonchev–Trinajstić information content (AvgIpc) is 3.41. The number of nitrogens with zero attached hydrogens (tertiary/aromatic N) is 2. The second kappa shape index (κ2) is 9.36. The normalized spacial score (nSPS) is 11.2. The van der Waals surface area contributed by atoms with E-state index in [1.807, 2.05) is 22.9 Å². The van der Waals surface area contributed by atoms with Crippen molar-refractivity contribution < 1.29 is 18.3 Å². The molecular weight excluding hydrogens is 444 g/mol. The van der Waals surface area contributed by atoms with Gasteiger partial charge in [0.15, 0.2) is 0 Å². The lowest BCUT2D eigenvalue weighted by molar-refractivity contribution is -0.121. The number of benzene rings is 1. The highest BCUT2D eigenvalue weighted by atomic mass is 32.1. The summed E-state index contributed by atoms with van der Waals surface area (Å²) in [6.07, 6.45) is 1.90. The fourth-order valence-electron chi connectivity index (χ4n) is 3.09. The van der Waals surface area contributed by atoms with Crippen molar-refractivity contribution in [2.45, 2.75) is 19.6 Å². The summed E-state index contributed by atoms with van der Waals surface area (Å²) in [5.41, 5.74) is 1.45. The fourth-order valence-corrected chi connectivity index (χ4v) is 4.81. The van der Waals surface area contributed by atoms with Gasteiger partial charge in [0.05, 0.1) is 11.7 Å². The second-order valence-corrected chi connectivity index (χ2v) is 8.41. The van der Waals surface area contributed by atoms with Gasteiger partial charge in [-0.2, -0.15) is 8.78 Å². The number of fused-ring (bicyclic) bond motifs is 1. The minimum absolute atomic E-state index is 0.0837. The predicted molar refractivity (Wildman–Crippen MR) is 117 cm³/mol. The van der Waals surface area contributed by atoms with Crippen LogP contribution in [0.3, 0.4) is 0 Å². The lowest BCUT2D eigenvalue weighted by Crippen LogP contribution is -2.33. The maximum Gasteiger partial charge on any atom is 0.387 e. The van der Waals surface area contributed by atoms with Gasteiger partial charge in [-0.05, 0) is 35.6 Å². The number of halogens is 2. The zero-order valence-electron chi connectivity index (χ0n) is 16.1. The molecule has 4 aromatic rings. The van der Waals surface area contributed by atoms with Crippen LogP contribution in [-0.2, 0) is 17.8 Å². The number of nitrogens with one attached hydrogen (secondary N) is 1. The Labute approximate surface area is 183 Å². The average molecular weight is 462 g/mol. The molecule has 0 unspecified atom stereocenters. The monoisotopic (exact) mass is 461 g/mol. The molecule has 0 spiro atoms. The molecule has 1 N–H and O–H groups in total. The summed E-state index contributed by atoms with van der Waals surface area (Å²) in [6.45, 7) is -2.66. The van der Waals surface area contributed by atoms with Crippen LogP contribution in [0.5, 0.6) is 5.75 Å². The molecule has 0 aliphatic heterocycles. The van der Waals surface area contributed by atoms with E-state index in [0.717, 1.165) is 16.0 Å². The molecule has 0 saturated heterocycles. The summed E-state index contributed by atoms with van der Waals surface area (Å²) in [6, 6.07) is 10.1. The van der Waals surface area contributed by atoms with Crippen LogP contribution in [0, 0.1) is 0 Å². The van der Waals surface area contributed by atoms with Gasteiger partial charge in [0.1, 0.15) is 17.1 Å². The minimum Gasteiger partial charge on any atom is -0.435 e. The zero-order valence-corrected chi connectivity index (χ0v) is 17.7. The molecule has 3 heterocycles. The molecule has 10 heteroatoms.